The van der Waals surface area contributed by atoms with E-state index in [1.807, 2.05) is 0 Å². The van der Waals surface area contributed by atoms with E-state index in [1.165, 1.54) is 19.4 Å². The molecule has 2 aromatic rings. The molecule has 0 saturated heterocycles. The number of phenols is 1. The van der Waals surface area contributed by atoms with E-state index in [9.17, 15) is 14.7 Å². The zero-order chi connectivity index (χ0) is 18.2. The van der Waals surface area contributed by atoms with Gasteiger partial charge < -0.3 is 15.2 Å². The van der Waals surface area contributed by atoms with Crippen molar-refractivity contribution in [2.75, 3.05) is 7.11 Å². The van der Waals surface area contributed by atoms with Crippen LogP contribution in [0.2, 0.25) is 0 Å². The molecule has 0 spiro atoms. The van der Waals surface area contributed by atoms with Crippen molar-refractivity contribution in [1.29, 1.82) is 0 Å². The van der Waals surface area contributed by atoms with E-state index in [0.29, 0.717) is 16.9 Å². The number of rotatable bonds is 6. The van der Waals surface area contributed by atoms with Crippen molar-refractivity contribution in [2.24, 2.45) is 5.10 Å². The molecule has 0 fully saturated rings. The summed E-state index contributed by atoms with van der Waals surface area (Å²) in [7, 11) is 1.44. The van der Waals surface area contributed by atoms with Crippen molar-refractivity contribution in [3.05, 3.63) is 59.7 Å². The minimum absolute atomic E-state index is 0.0148. The number of benzene rings is 2. The van der Waals surface area contributed by atoms with Crippen LogP contribution in [-0.2, 0) is 4.79 Å². The molecular weight excluding hydrogens is 322 g/mol. The maximum absolute atomic E-state index is 12.0. The molecule has 0 saturated carbocycles. The Morgan fingerprint density at radius 1 is 1.20 bits per heavy atom. The molecule has 3 N–H and O–H groups in total. The van der Waals surface area contributed by atoms with Crippen LogP contribution in [0, 0.1) is 0 Å². The van der Waals surface area contributed by atoms with E-state index < -0.39 is 11.9 Å². The Morgan fingerprint density at radius 2 is 1.92 bits per heavy atom. The maximum Gasteiger partial charge on any atom is 0.262 e. The Hall–Kier alpha value is -3.35. The second-order valence-electron chi connectivity index (χ2n) is 5.23. The van der Waals surface area contributed by atoms with E-state index in [-0.39, 0.29) is 11.7 Å². The van der Waals surface area contributed by atoms with Crippen molar-refractivity contribution in [3.63, 3.8) is 0 Å². The smallest absolute Gasteiger partial charge is 0.262 e. The topological polar surface area (TPSA) is 100 Å². The maximum atomic E-state index is 12.0. The number of methoxy groups -OCH3 is 1. The number of carbonyl (C=O) groups is 2. The number of carbonyl (C=O) groups excluding carboxylic acids is 2. The van der Waals surface area contributed by atoms with Crippen LogP contribution in [0.25, 0.3) is 0 Å². The lowest BCUT2D eigenvalue weighted by atomic mass is 10.2. The molecule has 0 bridgehead atoms. The van der Waals surface area contributed by atoms with Crippen molar-refractivity contribution in [2.45, 2.75) is 13.0 Å². The molecule has 1 atom stereocenters. The predicted octanol–water partition coefficient (Wildman–Crippen LogP) is 1.67. The molecule has 2 aromatic carbocycles. The zero-order valence-electron chi connectivity index (χ0n) is 13.9. The van der Waals surface area contributed by atoms with E-state index in [0.717, 1.165) is 0 Å². The lowest BCUT2D eigenvalue weighted by Crippen LogP contribution is -2.43. The number of hydrogen-bond acceptors (Lipinski definition) is 5. The van der Waals surface area contributed by atoms with Gasteiger partial charge in [0.25, 0.3) is 11.8 Å². The summed E-state index contributed by atoms with van der Waals surface area (Å²) in [4.78, 5) is 24.0. The third kappa shape index (κ3) is 5.07. The summed E-state index contributed by atoms with van der Waals surface area (Å²) >= 11 is 0. The Labute approximate surface area is 145 Å². The highest BCUT2D eigenvalue weighted by atomic mass is 16.5. The van der Waals surface area contributed by atoms with Gasteiger partial charge in [-0.15, -0.1) is 0 Å². The SMILES string of the molecule is COc1cc(/C=N/NC(=O)C(C)NC(=O)c2ccccc2)ccc1O. The summed E-state index contributed by atoms with van der Waals surface area (Å²) in [5.74, 6) is -0.471. The first-order valence-corrected chi connectivity index (χ1v) is 7.57. The van der Waals surface area contributed by atoms with E-state index in [1.54, 1.807) is 49.4 Å². The second-order valence-corrected chi connectivity index (χ2v) is 5.23. The summed E-state index contributed by atoms with van der Waals surface area (Å²) in [5.41, 5.74) is 3.46. The van der Waals surface area contributed by atoms with Gasteiger partial charge >= 0.3 is 0 Å². The summed E-state index contributed by atoms with van der Waals surface area (Å²) in [6.07, 6.45) is 1.41. The first-order valence-electron chi connectivity index (χ1n) is 7.57. The molecule has 2 amide bonds. The van der Waals surface area contributed by atoms with Gasteiger partial charge in [0.1, 0.15) is 6.04 Å². The van der Waals surface area contributed by atoms with Crippen molar-refractivity contribution < 1.29 is 19.4 Å². The molecule has 0 aliphatic carbocycles. The summed E-state index contributed by atoms with van der Waals surface area (Å²) in [5, 5.41) is 15.9. The molecule has 0 aliphatic rings. The summed E-state index contributed by atoms with van der Waals surface area (Å²) in [6, 6.07) is 12.5. The minimum Gasteiger partial charge on any atom is -0.504 e. The molecule has 0 heterocycles. The van der Waals surface area contributed by atoms with Crippen LogP contribution in [0.3, 0.4) is 0 Å². The summed E-state index contributed by atoms with van der Waals surface area (Å²) < 4.78 is 4.99. The molecular formula is C18H19N3O4. The third-order valence-corrected chi connectivity index (χ3v) is 3.37. The Bertz CT molecular complexity index is 775. The Kier molecular flexibility index (Phi) is 6.11. The molecule has 0 aliphatic heterocycles. The lowest BCUT2D eigenvalue weighted by molar-refractivity contribution is -0.122. The van der Waals surface area contributed by atoms with Crippen LogP contribution in [0.5, 0.6) is 11.5 Å². The largest absolute Gasteiger partial charge is 0.504 e. The monoisotopic (exact) mass is 341 g/mol. The number of hydrogen-bond donors (Lipinski definition) is 3. The van der Waals surface area contributed by atoms with Crippen LogP contribution in [0.15, 0.2) is 53.6 Å². The summed E-state index contributed by atoms with van der Waals surface area (Å²) in [6.45, 7) is 1.56. The van der Waals surface area contributed by atoms with Crippen LogP contribution >= 0.6 is 0 Å². The number of ether oxygens (including phenoxy) is 1. The number of hydrazone groups is 1. The molecule has 25 heavy (non-hydrogen) atoms. The fraction of sp³-hybridized carbons (Fsp3) is 0.167. The van der Waals surface area contributed by atoms with E-state index in [2.05, 4.69) is 15.8 Å². The second kappa shape index (κ2) is 8.49. The third-order valence-electron chi connectivity index (χ3n) is 3.37. The average molecular weight is 341 g/mol. The van der Waals surface area contributed by atoms with Gasteiger partial charge in [0, 0.05) is 5.56 Å². The molecule has 7 heteroatoms. The normalized spacial score (nSPS) is 11.8. The van der Waals surface area contributed by atoms with Crippen LogP contribution < -0.4 is 15.5 Å². The fourth-order valence-corrected chi connectivity index (χ4v) is 1.98. The number of phenolic OH excluding ortho intramolecular Hbond substituents is 1. The van der Waals surface area contributed by atoms with Gasteiger partial charge in [0.15, 0.2) is 11.5 Å². The lowest BCUT2D eigenvalue weighted by Gasteiger charge is -2.12. The van der Waals surface area contributed by atoms with E-state index in [4.69, 9.17) is 4.74 Å². The van der Waals surface area contributed by atoms with Gasteiger partial charge in [0.2, 0.25) is 0 Å². The highest BCUT2D eigenvalue weighted by molar-refractivity contribution is 5.97. The highest BCUT2D eigenvalue weighted by Gasteiger charge is 2.15. The average Bonchev–Trinajstić information content (AvgIpc) is 2.63. The van der Waals surface area contributed by atoms with Crippen molar-refractivity contribution >= 4 is 18.0 Å². The predicted molar refractivity (Wildman–Crippen MR) is 93.8 cm³/mol. The van der Waals surface area contributed by atoms with Gasteiger partial charge in [-0.25, -0.2) is 5.43 Å². The van der Waals surface area contributed by atoms with Gasteiger partial charge in [-0.1, -0.05) is 18.2 Å². The fourth-order valence-electron chi connectivity index (χ4n) is 1.98. The molecule has 7 nitrogen and oxygen atoms in total. The van der Waals surface area contributed by atoms with Crippen LogP contribution in [0.1, 0.15) is 22.8 Å². The van der Waals surface area contributed by atoms with Crippen molar-refractivity contribution in [1.82, 2.24) is 10.7 Å². The van der Waals surface area contributed by atoms with Crippen molar-refractivity contribution in [3.8, 4) is 11.5 Å². The number of nitrogens with one attached hydrogen (secondary N) is 2. The molecule has 0 radical (unpaired) electrons. The standard InChI is InChI=1S/C18H19N3O4/c1-12(20-18(24)14-6-4-3-5-7-14)17(23)21-19-11-13-8-9-15(22)16(10-13)25-2/h3-12,22H,1-2H3,(H,20,24)(H,21,23)/b19-11+. The Morgan fingerprint density at radius 3 is 2.60 bits per heavy atom. The molecule has 130 valence electrons. The molecule has 1 unspecified atom stereocenters. The van der Waals surface area contributed by atoms with Gasteiger partial charge in [-0.3, -0.25) is 9.59 Å². The van der Waals surface area contributed by atoms with E-state index >= 15 is 0 Å². The number of aromatic hydroxyl groups is 1. The molecule has 0 aromatic heterocycles. The zero-order valence-corrected chi connectivity index (χ0v) is 13.9. The van der Waals surface area contributed by atoms with Crippen LogP contribution in [-0.4, -0.2) is 36.3 Å². The van der Waals surface area contributed by atoms with Gasteiger partial charge in [-0.2, -0.15) is 5.10 Å². The first-order chi connectivity index (χ1) is 12.0. The minimum atomic E-state index is -0.751. The number of amides is 2. The quantitative estimate of drug-likeness (QED) is 0.550. The Balaban J connectivity index is 1.90. The highest BCUT2D eigenvalue weighted by Crippen LogP contribution is 2.25. The molecule has 2 rings (SSSR count). The first kappa shape index (κ1) is 18.0. The van der Waals surface area contributed by atoms with Gasteiger partial charge in [-0.05, 0) is 42.8 Å². The van der Waals surface area contributed by atoms with Gasteiger partial charge in [0.05, 0.1) is 13.3 Å². The van der Waals surface area contributed by atoms with Crippen LogP contribution in [0.4, 0.5) is 0 Å². The number of nitrogens with zero attached hydrogens (tertiary/aromatic N) is 1.